The van der Waals surface area contributed by atoms with Crippen molar-refractivity contribution < 1.29 is 35.9 Å². The van der Waals surface area contributed by atoms with Gasteiger partial charge < -0.3 is 4.74 Å². The smallest absolute Gasteiger partial charge is 0.310 e. The molecule has 0 spiro atoms. The summed E-state index contributed by atoms with van der Waals surface area (Å²) in [6.07, 6.45) is 1.23. The summed E-state index contributed by atoms with van der Waals surface area (Å²) in [5.41, 5.74) is -1.85. The van der Waals surface area contributed by atoms with E-state index in [1.54, 1.807) is 13.8 Å². The van der Waals surface area contributed by atoms with Crippen molar-refractivity contribution >= 4 is 5.97 Å². The lowest BCUT2D eigenvalue weighted by atomic mass is 10.1. The van der Waals surface area contributed by atoms with Crippen molar-refractivity contribution in [3.05, 3.63) is 46.6 Å². The van der Waals surface area contributed by atoms with Gasteiger partial charge in [0.2, 0.25) is 5.82 Å². The number of allylic oxidation sites excluding steroid dienone is 2. The summed E-state index contributed by atoms with van der Waals surface area (Å²) in [6, 6.07) is 0. The van der Waals surface area contributed by atoms with E-state index in [0.717, 1.165) is 0 Å². The van der Waals surface area contributed by atoms with Crippen LogP contribution in [-0.2, 0) is 16.1 Å². The Morgan fingerprint density at radius 3 is 1.96 bits per heavy atom. The lowest BCUT2D eigenvalue weighted by Crippen LogP contribution is -2.14. The standard InChI is InChI=1S/C16H14F6O2/c1-6(17)4-8-9(16(8,2)3)15(23)24-5-7-10(18)12(20)14(22)13(21)11(7)19/h4,8-9H,5H2,1-3H3/b6-4-/t8?,9-/m0/s1. The van der Waals surface area contributed by atoms with E-state index >= 15 is 0 Å². The molecule has 1 saturated carbocycles. The molecular formula is C16H14F6O2. The molecule has 0 N–H and O–H groups in total. The van der Waals surface area contributed by atoms with Gasteiger partial charge in [0.25, 0.3) is 0 Å². The Hall–Kier alpha value is -1.99. The van der Waals surface area contributed by atoms with Crippen LogP contribution in [0.3, 0.4) is 0 Å². The quantitative estimate of drug-likeness (QED) is 0.343. The molecule has 132 valence electrons. The first kappa shape index (κ1) is 18.4. The van der Waals surface area contributed by atoms with E-state index < -0.39 is 70.3 Å². The van der Waals surface area contributed by atoms with Gasteiger partial charge in [-0.25, -0.2) is 26.3 Å². The van der Waals surface area contributed by atoms with Crippen molar-refractivity contribution in [3.8, 4) is 0 Å². The Morgan fingerprint density at radius 2 is 1.50 bits per heavy atom. The topological polar surface area (TPSA) is 26.3 Å². The van der Waals surface area contributed by atoms with Gasteiger partial charge in [-0.3, -0.25) is 4.79 Å². The highest BCUT2D eigenvalue weighted by Gasteiger charge is 2.61. The van der Waals surface area contributed by atoms with E-state index in [1.165, 1.54) is 13.0 Å². The highest BCUT2D eigenvalue weighted by molar-refractivity contribution is 5.78. The lowest BCUT2D eigenvalue weighted by Gasteiger charge is -2.09. The number of hydrogen-bond acceptors (Lipinski definition) is 2. The van der Waals surface area contributed by atoms with Gasteiger partial charge in [0.05, 0.1) is 17.3 Å². The van der Waals surface area contributed by atoms with Crippen LogP contribution in [0.15, 0.2) is 11.9 Å². The molecule has 1 unspecified atom stereocenters. The molecule has 1 aromatic rings. The second-order valence-corrected chi connectivity index (χ2v) is 6.23. The molecule has 1 aliphatic carbocycles. The second-order valence-electron chi connectivity index (χ2n) is 6.23. The minimum Gasteiger partial charge on any atom is -0.460 e. The van der Waals surface area contributed by atoms with E-state index in [0.29, 0.717) is 0 Å². The van der Waals surface area contributed by atoms with E-state index in [-0.39, 0.29) is 0 Å². The van der Waals surface area contributed by atoms with Crippen LogP contribution in [0, 0.1) is 46.3 Å². The van der Waals surface area contributed by atoms with Gasteiger partial charge in [-0.15, -0.1) is 0 Å². The summed E-state index contributed by atoms with van der Waals surface area (Å²) in [6.45, 7) is 3.43. The predicted molar refractivity (Wildman–Crippen MR) is 71.7 cm³/mol. The van der Waals surface area contributed by atoms with E-state index in [1.807, 2.05) is 0 Å². The molecule has 24 heavy (non-hydrogen) atoms. The molecule has 0 heterocycles. The predicted octanol–water partition coefficient (Wildman–Crippen LogP) is 4.57. The van der Waals surface area contributed by atoms with Crippen LogP contribution in [0.1, 0.15) is 26.3 Å². The van der Waals surface area contributed by atoms with Crippen molar-refractivity contribution in [1.29, 1.82) is 0 Å². The molecule has 0 saturated heterocycles. The third-order valence-electron chi connectivity index (χ3n) is 4.23. The minimum absolute atomic E-state index is 0.466. The van der Waals surface area contributed by atoms with Crippen LogP contribution >= 0.6 is 0 Å². The van der Waals surface area contributed by atoms with Crippen LogP contribution in [0.25, 0.3) is 0 Å². The van der Waals surface area contributed by atoms with Crippen molar-refractivity contribution in [2.75, 3.05) is 0 Å². The molecule has 8 heteroatoms. The average molecular weight is 352 g/mol. The van der Waals surface area contributed by atoms with Crippen molar-refractivity contribution in [3.63, 3.8) is 0 Å². The molecular weight excluding hydrogens is 338 g/mol. The zero-order valence-electron chi connectivity index (χ0n) is 13.0. The van der Waals surface area contributed by atoms with Gasteiger partial charge in [0.1, 0.15) is 6.61 Å². The SMILES string of the molecule is C/C(F)=C/C1[C@@H](C(=O)OCc2c(F)c(F)c(F)c(F)c2F)C1(C)C. The van der Waals surface area contributed by atoms with Gasteiger partial charge in [0.15, 0.2) is 23.3 Å². The Bertz CT molecular complexity index is 693. The van der Waals surface area contributed by atoms with Crippen LogP contribution in [0.4, 0.5) is 26.3 Å². The highest BCUT2D eigenvalue weighted by atomic mass is 19.2. The summed E-state index contributed by atoms with van der Waals surface area (Å²) < 4.78 is 83.7. The van der Waals surface area contributed by atoms with Gasteiger partial charge in [0, 0.05) is 0 Å². The van der Waals surface area contributed by atoms with Crippen LogP contribution in [-0.4, -0.2) is 5.97 Å². The van der Waals surface area contributed by atoms with Gasteiger partial charge >= 0.3 is 5.97 Å². The summed E-state index contributed by atoms with van der Waals surface area (Å²) >= 11 is 0. The number of carbonyl (C=O) groups excluding carboxylic acids is 1. The lowest BCUT2D eigenvalue weighted by molar-refractivity contribution is -0.147. The summed E-state index contributed by atoms with van der Waals surface area (Å²) in [7, 11) is 0. The first-order valence-corrected chi connectivity index (χ1v) is 7.01. The van der Waals surface area contributed by atoms with Crippen LogP contribution in [0.5, 0.6) is 0 Å². The summed E-state index contributed by atoms with van der Waals surface area (Å²) in [4.78, 5) is 12.0. The molecule has 1 aliphatic rings. The van der Waals surface area contributed by atoms with Crippen LogP contribution < -0.4 is 0 Å². The fourth-order valence-corrected chi connectivity index (χ4v) is 2.70. The van der Waals surface area contributed by atoms with Crippen molar-refractivity contribution in [2.45, 2.75) is 27.4 Å². The fourth-order valence-electron chi connectivity index (χ4n) is 2.70. The molecule has 2 rings (SSSR count). The zero-order chi connectivity index (χ0) is 18.4. The number of ether oxygens (including phenoxy) is 1. The van der Waals surface area contributed by atoms with E-state index in [4.69, 9.17) is 0 Å². The van der Waals surface area contributed by atoms with Crippen molar-refractivity contribution in [2.24, 2.45) is 17.3 Å². The maximum absolute atomic E-state index is 13.5. The zero-order valence-corrected chi connectivity index (χ0v) is 13.0. The molecule has 0 bridgehead atoms. The molecule has 0 aliphatic heterocycles. The fraction of sp³-hybridized carbons (Fsp3) is 0.438. The van der Waals surface area contributed by atoms with E-state index in [2.05, 4.69) is 4.74 Å². The molecule has 0 aromatic heterocycles. The number of rotatable bonds is 4. The number of halogens is 6. The molecule has 0 amide bonds. The largest absolute Gasteiger partial charge is 0.460 e. The monoisotopic (exact) mass is 352 g/mol. The van der Waals surface area contributed by atoms with Gasteiger partial charge in [-0.1, -0.05) is 13.8 Å². The Morgan fingerprint density at radius 1 is 1.04 bits per heavy atom. The Labute approximate surface area is 134 Å². The number of carbonyl (C=O) groups is 1. The third kappa shape index (κ3) is 3.01. The molecule has 0 radical (unpaired) electrons. The number of benzene rings is 1. The van der Waals surface area contributed by atoms with Gasteiger partial charge in [-0.05, 0) is 24.3 Å². The molecule has 1 fully saturated rings. The molecule has 2 nitrogen and oxygen atoms in total. The molecule has 1 aromatic carbocycles. The second kappa shape index (κ2) is 6.14. The van der Waals surface area contributed by atoms with Crippen LogP contribution in [0.2, 0.25) is 0 Å². The highest BCUT2D eigenvalue weighted by Crippen LogP contribution is 2.59. The van der Waals surface area contributed by atoms with E-state index in [9.17, 15) is 31.1 Å². The summed E-state index contributed by atoms with van der Waals surface area (Å²) in [5.74, 6) is -13.2. The Kier molecular flexibility index (Phi) is 4.70. The van der Waals surface area contributed by atoms with Gasteiger partial charge in [-0.2, -0.15) is 0 Å². The minimum atomic E-state index is -2.29. The first-order chi connectivity index (χ1) is 11.0. The maximum Gasteiger partial charge on any atom is 0.310 e. The van der Waals surface area contributed by atoms with Crippen molar-refractivity contribution in [1.82, 2.24) is 0 Å². The molecule has 2 atom stereocenters. The normalized spacial score (nSPS) is 22.5. The summed E-state index contributed by atoms with van der Waals surface area (Å²) in [5, 5.41) is 0. The number of esters is 1. The maximum atomic E-state index is 13.5. The number of hydrogen-bond donors (Lipinski definition) is 0. The Balaban J connectivity index is 2.16. The average Bonchev–Trinajstić information content (AvgIpc) is 3.02. The first-order valence-electron chi connectivity index (χ1n) is 7.01. The third-order valence-corrected chi connectivity index (χ3v) is 4.23.